The maximum atomic E-state index is 5.60. The maximum absolute atomic E-state index is 5.60. The van der Waals surface area contributed by atoms with Crippen LogP contribution in [0.1, 0.15) is 25.7 Å². The van der Waals surface area contributed by atoms with E-state index in [9.17, 15) is 0 Å². The smallest absolute Gasteiger partial charge is 0.240 e. The Balaban J connectivity index is 2.12. The molecule has 0 spiro atoms. The summed E-state index contributed by atoms with van der Waals surface area (Å²) >= 11 is 0. The molecule has 0 radical (unpaired) electrons. The van der Waals surface area contributed by atoms with Crippen molar-refractivity contribution < 1.29 is 4.74 Å². The SMILES string of the molecule is COC1(Cn2nnnc2N)CCCC1. The van der Waals surface area contributed by atoms with E-state index in [0.29, 0.717) is 12.5 Å². The summed E-state index contributed by atoms with van der Waals surface area (Å²) in [5.74, 6) is 0.355. The van der Waals surface area contributed by atoms with Crippen molar-refractivity contribution in [2.24, 2.45) is 0 Å². The van der Waals surface area contributed by atoms with Crippen LogP contribution in [-0.2, 0) is 11.3 Å². The molecule has 0 atom stereocenters. The summed E-state index contributed by atoms with van der Waals surface area (Å²) in [7, 11) is 1.74. The van der Waals surface area contributed by atoms with Crippen LogP contribution in [0.15, 0.2) is 0 Å². The van der Waals surface area contributed by atoms with Crippen molar-refractivity contribution in [2.45, 2.75) is 37.8 Å². The molecule has 1 aromatic heterocycles. The van der Waals surface area contributed by atoms with Crippen LogP contribution in [0, 0.1) is 0 Å². The number of methoxy groups -OCH3 is 1. The Labute approximate surface area is 82.4 Å². The number of ether oxygens (including phenoxy) is 1. The monoisotopic (exact) mass is 197 g/mol. The van der Waals surface area contributed by atoms with Crippen LogP contribution < -0.4 is 5.73 Å². The largest absolute Gasteiger partial charge is 0.376 e. The number of anilines is 1. The molecule has 1 heterocycles. The highest BCUT2D eigenvalue weighted by Crippen LogP contribution is 2.34. The van der Waals surface area contributed by atoms with Crippen LogP contribution in [-0.4, -0.2) is 32.9 Å². The molecule has 0 amide bonds. The molecule has 1 aromatic rings. The van der Waals surface area contributed by atoms with E-state index in [1.165, 1.54) is 12.8 Å². The molecule has 1 saturated carbocycles. The summed E-state index contributed by atoms with van der Waals surface area (Å²) in [6.07, 6.45) is 4.53. The first-order chi connectivity index (χ1) is 6.76. The molecule has 0 bridgehead atoms. The number of nitrogens with two attached hydrogens (primary N) is 1. The van der Waals surface area contributed by atoms with E-state index in [1.807, 2.05) is 0 Å². The van der Waals surface area contributed by atoms with Gasteiger partial charge in [0.05, 0.1) is 12.1 Å². The standard InChI is InChI=1S/C8H15N5O/c1-14-8(4-2-3-5-8)6-13-7(9)10-11-12-13/h2-6H2,1H3,(H2,9,10,12). The molecule has 2 rings (SSSR count). The lowest BCUT2D eigenvalue weighted by molar-refractivity contribution is -0.0207. The summed E-state index contributed by atoms with van der Waals surface area (Å²) < 4.78 is 7.16. The number of rotatable bonds is 3. The fraction of sp³-hybridized carbons (Fsp3) is 0.875. The van der Waals surface area contributed by atoms with Gasteiger partial charge in [0.1, 0.15) is 0 Å². The zero-order chi connectivity index (χ0) is 10.0. The van der Waals surface area contributed by atoms with Crippen molar-refractivity contribution in [3.63, 3.8) is 0 Å². The quantitative estimate of drug-likeness (QED) is 0.749. The van der Waals surface area contributed by atoms with Gasteiger partial charge < -0.3 is 10.5 Å². The van der Waals surface area contributed by atoms with Crippen LogP contribution in [0.5, 0.6) is 0 Å². The van der Waals surface area contributed by atoms with Crippen molar-refractivity contribution in [2.75, 3.05) is 12.8 Å². The van der Waals surface area contributed by atoms with Gasteiger partial charge >= 0.3 is 0 Å². The summed E-state index contributed by atoms with van der Waals surface area (Å²) in [6, 6.07) is 0. The second-order valence-corrected chi connectivity index (χ2v) is 3.79. The van der Waals surface area contributed by atoms with Crippen LogP contribution in [0.2, 0.25) is 0 Å². The number of tetrazole rings is 1. The number of hydrogen-bond acceptors (Lipinski definition) is 5. The van der Waals surface area contributed by atoms with Gasteiger partial charge in [0, 0.05) is 7.11 Å². The molecular weight excluding hydrogens is 182 g/mol. The molecule has 0 aliphatic heterocycles. The van der Waals surface area contributed by atoms with Gasteiger partial charge in [0.25, 0.3) is 0 Å². The number of aromatic nitrogens is 4. The highest BCUT2D eigenvalue weighted by atomic mass is 16.5. The van der Waals surface area contributed by atoms with Gasteiger partial charge in [0.15, 0.2) is 0 Å². The van der Waals surface area contributed by atoms with E-state index < -0.39 is 0 Å². The van der Waals surface area contributed by atoms with E-state index in [-0.39, 0.29) is 5.60 Å². The number of nitrogen functional groups attached to an aromatic ring is 1. The maximum Gasteiger partial charge on any atom is 0.240 e. The van der Waals surface area contributed by atoms with Crippen LogP contribution in [0.4, 0.5) is 5.95 Å². The minimum Gasteiger partial charge on any atom is -0.376 e. The predicted octanol–water partition coefficient (Wildman–Crippen LogP) is 0.214. The third-order valence-corrected chi connectivity index (χ3v) is 2.95. The zero-order valence-electron chi connectivity index (χ0n) is 8.31. The van der Waals surface area contributed by atoms with Crippen LogP contribution in [0.3, 0.4) is 0 Å². The van der Waals surface area contributed by atoms with Gasteiger partial charge in [-0.15, -0.1) is 0 Å². The predicted molar refractivity (Wildman–Crippen MR) is 50.4 cm³/mol. The molecular formula is C8H15N5O. The fourth-order valence-electron chi connectivity index (χ4n) is 2.04. The molecule has 2 N–H and O–H groups in total. The summed E-state index contributed by atoms with van der Waals surface area (Å²) in [5.41, 5.74) is 5.50. The minimum absolute atomic E-state index is 0.108. The van der Waals surface area contributed by atoms with E-state index in [0.717, 1.165) is 12.8 Å². The molecule has 1 fully saturated rings. The second kappa shape index (κ2) is 3.53. The number of hydrogen-bond donors (Lipinski definition) is 1. The number of nitrogens with zero attached hydrogens (tertiary/aromatic N) is 4. The van der Waals surface area contributed by atoms with E-state index in [2.05, 4.69) is 15.5 Å². The third kappa shape index (κ3) is 1.57. The average molecular weight is 197 g/mol. The van der Waals surface area contributed by atoms with Crippen molar-refractivity contribution in [3.05, 3.63) is 0 Å². The van der Waals surface area contributed by atoms with Crippen molar-refractivity contribution in [1.82, 2.24) is 20.2 Å². The molecule has 6 heteroatoms. The van der Waals surface area contributed by atoms with E-state index in [4.69, 9.17) is 10.5 Å². The Bertz CT molecular complexity index is 304. The van der Waals surface area contributed by atoms with Crippen molar-refractivity contribution in [3.8, 4) is 0 Å². The fourth-order valence-corrected chi connectivity index (χ4v) is 2.04. The van der Waals surface area contributed by atoms with E-state index >= 15 is 0 Å². The Morgan fingerprint density at radius 3 is 2.71 bits per heavy atom. The molecule has 0 unspecified atom stereocenters. The molecule has 78 valence electrons. The van der Waals surface area contributed by atoms with Gasteiger partial charge in [-0.05, 0) is 23.3 Å². The Morgan fingerprint density at radius 2 is 2.21 bits per heavy atom. The summed E-state index contributed by atoms with van der Waals surface area (Å²) in [6.45, 7) is 0.655. The molecule has 0 aromatic carbocycles. The van der Waals surface area contributed by atoms with Gasteiger partial charge in [-0.1, -0.05) is 17.9 Å². The highest BCUT2D eigenvalue weighted by Gasteiger charge is 2.35. The van der Waals surface area contributed by atoms with Crippen molar-refractivity contribution in [1.29, 1.82) is 0 Å². The highest BCUT2D eigenvalue weighted by molar-refractivity contribution is 5.10. The molecule has 14 heavy (non-hydrogen) atoms. The molecule has 0 saturated heterocycles. The first-order valence-corrected chi connectivity index (χ1v) is 4.83. The first-order valence-electron chi connectivity index (χ1n) is 4.83. The molecule has 1 aliphatic carbocycles. The lowest BCUT2D eigenvalue weighted by Crippen LogP contribution is -2.34. The van der Waals surface area contributed by atoms with Crippen LogP contribution in [0.25, 0.3) is 0 Å². The first kappa shape index (κ1) is 9.39. The van der Waals surface area contributed by atoms with Crippen molar-refractivity contribution >= 4 is 5.95 Å². The van der Waals surface area contributed by atoms with Crippen LogP contribution >= 0.6 is 0 Å². The van der Waals surface area contributed by atoms with Gasteiger partial charge in [-0.25, -0.2) is 4.68 Å². The Morgan fingerprint density at radius 1 is 1.50 bits per heavy atom. The zero-order valence-corrected chi connectivity index (χ0v) is 8.31. The van der Waals surface area contributed by atoms with E-state index in [1.54, 1.807) is 11.8 Å². The van der Waals surface area contributed by atoms with Gasteiger partial charge in [0.2, 0.25) is 5.95 Å². The lowest BCUT2D eigenvalue weighted by atomic mass is 10.0. The second-order valence-electron chi connectivity index (χ2n) is 3.79. The van der Waals surface area contributed by atoms with Gasteiger partial charge in [-0.3, -0.25) is 0 Å². The normalized spacial score (nSPS) is 20.1. The molecule has 1 aliphatic rings. The summed E-state index contributed by atoms with van der Waals surface area (Å²) in [5, 5.41) is 11.0. The Kier molecular flexibility index (Phi) is 2.37. The molecule has 6 nitrogen and oxygen atoms in total. The topological polar surface area (TPSA) is 78.8 Å². The minimum atomic E-state index is -0.108. The Hall–Kier alpha value is -1.17. The average Bonchev–Trinajstić information content (AvgIpc) is 2.79. The third-order valence-electron chi connectivity index (χ3n) is 2.95. The lowest BCUT2D eigenvalue weighted by Gasteiger charge is -2.26. The van der Waals surface area contributed by atoms with Gasteiger partial charge in [-0.2, -0.15) is 0 Å². The summed E-state index contributed by atoms with van der Waals surface area (Å²) in [4.78, 5) is 0.